The molecule has 2 N–H and O–H groups in total. The number of anilines is 1. The monoisotopic (exact) mass is 246 g/mol. The molecule has 0 bridgehead atoms. The molecule has 0 heterocycles. The van der Waals surface area contributed by atoms with E-state index in [1.54, 1.807) is 18.2 Å². The number of hydrogen-bond acceptors (Lipinski definition) is 4. The number of nitro groups is 1. The second-order valence-corrected chi connectivity index (χ2v) is 3.49. The van der Waals surface area contributed by atoms with E-state index < -0.39 is 4.92 Å². The van der Waals surface area contributed by atoms with Crippen LogP contribution in [0, 0.1) is 10.1 Å². The highest BCUT2D eigenvalue weighted by Crippen LogP contribution is 2.24. The second kappa shape index (κ2) is 6.24. The number of nitro benzene ring substituents is 1. The largest absolute Gasteiger partial charge is 0.489 e. The molecule has 0 spiro atoms. The standard InChI is InChI=1S/C13H14N2O3/c1-3-5-10(4-2)9-18-13-7-11(14)6-12(8-13)15(16)17/h3-8H,1-2,9,14H2/b10-5+. The summed E-state index contributed by atoms with van der Waals surface area (Å²) in [5, 5.41) is 10.7. The molecule has 0 aliphatic carbocycles. The first-order chi connectivity index (χ1) is 8.56. The molecule has 5 nitrogen and oxygen atoms in total. The fourth-order valence-electron chi connectivity index (χ4n) is 1.29. The lowest BCUT2D eigenvalue weighted by Gasteiger charge is -2.07. The van der Waals surface area contributed by atoms with Gasteiger partial charge in [-0.2, -0.15) is 0 Å². The van der Waals surface area contributed by atoms with E-state index in [2.05, 4.69) is 13.2 Å². The third-order valence-electron chi connectivity index (χ3n) is 2.12. The summed E-state index contributed by atoms with van der Waals surface area (Å²) in [5.74, 6) is 0.346. The Labute approximate surface area is 105 Å². The first-order valence-electron chi connectivity index (χ1n) is 5.18. The van der Waals surface area contributed by atoms with Crippen molar-refractivity contribution in [2.75, 3.05) is 12.3 Å². The van der Waals surface area contributed by atoms with Crippen molar-refractivity contribution in [2.24, 2.45) is 0 Å². The van der Waals surface area contributed by atoms with E-state index in [1.807, 2.05) is 0 Å². The van der Waals surface area contributed by atoms with Gasteiger partial charge in [-0.05, 0) is 5.57 Å². The predicted molar refractivity (Wildman–Crippen MR) is 71.5 cm³/mol. The number of rotatable bonds is 6. The van der Waals surface area contributed by atoms with Gasteiger partial charge in [0.25, 0.3) is 5.69 Å². The molecule has 1 rings (SSSR count). The van der Waals surface area contributed by atoms with Crippen LogP contribution in [0.3, 0.4) is 0 Å². The molecule has 0 amide bonds. The second-order valence-electron chi connectivity index (χ2n) is 3.49. The Kier molecular flexibility index (Phi) is 4.68. The van der Waals surface area contributed by atoms with Gasteiger partial charge in [0.05, 0.1) is 11.0 Å². The van der Waals surface area contributed by atoms with E-state index in [1.165, 1.54) is 18.2 Å². The van der Waals surface area contributed by atoms with E-state index in [0.717, 1.165) is 5.57 Å². The average Bonchev–Trinajstić information content (AvgIpc) is 2.33. The average molecular weight is 246 g/mol. The predicted octanol–water partition coefficient (Wildman–Crippen LogP) is 2.85. The molecule has 0 unspecified atom stereocenters. The summed E-state index contributed by atoms with van der Waals surface area (Å²) in [7, 11) is 0. The SMILES string of the molecule is C=C/C=C(\C=C)COc1cc(N)cc([N+](=O)[O-])c1. The third kappa shape index (κ3) is 3.79. The van der Waals surface area contributed by atoms with Crippen LogP contribution in [-0.2, 0) is 0 Å². The Morgan fingerprint density at radius 2 is 2.17 bits per heavy atom. The van der Waals surface area contributed by atoms with Crippen LogP contribution in [0.1, 0.15) is 0 Å². The highest BCUT2D eigenvalue weighted by atomic mass is 16.6. The highest BCUT2D eigenvalue weighted by molar-refractivity contribution is 5.53. The summed E-state index contributed by atoms with van der Waals surface area (Å²) in [4.78, 5) is 10.1. The van der Waals surface area contributed by atoms with Crippen molar-refractivity contribution in [3.05, 3.63) is 65.3 Å². The number of ether oxygens (including phenoxy) is 1. The van der Waals surface area contributed by atoms with E-state index in [-0.39, 0.29) is 18.0 Å². The summed E-state index contributed by atoms with van der Waals surface area (Å²) < 4.78 is 5.41. The van der Waals surface area contributed by atoms with Crippen LogP contribution in [0.2, 0.25) is 0 Å². The number of allylic oxidation sites excluding steroid dienone is 2. The van der Waals surface area contributed by atoms with E-state index in [9.17, 15) is 10.1 Å². The zero-order chi connectivity index (χ0) is 13.5. The van der Waals surface area contributed by atoms with Crippen molar-refractivity contribution in [1.29, 1.82) is 0 Å². The van der Waals surface area contributed by atoms with Gasteiger partial charge in [-0.3, -0.25) is 10.1 Å². The molecule has 1 aromatic carbocycles. The van der Waals surface area contributed by atoms with Gasteiger partial charge in [0, 0.05) is 17.8 Å². The number of nitrogen functional groups attached to an aromatic ring is 1. The van der Waals surface area contributed by atoms with Gasteiger partial charge >= 0.3 is 0 Å². The maximum Gasteiger partial charge on any atom is 0.275 e. The molecule has 5 heteroatoms. The van der Waals surface area contributed by atoms with E-state index >= 15 is 0 Å². The molecule has 18 heavy (non-hydrogen) atoms. The molecule has 0 atom stereocenters. The molecular formula is C13H14N2O3. The lowest BCUT2D eigenvalue weighted by Crippen LogP contribution is -2.01. The minimum atomic E-state index is -0.517. The van der Waals surface area contributed by atoms with Crippen molar-refractivity contribution in [2.45, 2.75) is 0 Å². The van der Waals surface area contributed by atoms with Crippen molar-refractivity contribution in [1.82, 2.24) is 0 Å². The van der Waals surface area contributed by atoms with Crippen molar-refractivity contribution >= 4 is 11.4 Å². The Morgan fingerprint density at radius 1 is 1.44 bits per heavy atom. The van der Waals surface area contributed by atoms with Crippen LogP contribution < -0.4 is 10.5 Å². The van der Waals surface area contributed by atoms with Gasteiger partial charge in [0.1, 0.15) is 12.4 Å². The number of nitrogens with two attached hydrogens (primary N) is 1. The summed E-state index contributed by atoms with van der Waals surface area (Å²) in [6, 6.07) is 4.13. The zero-order valence-electron chi connectivity index (χ0n) is 9.83. The fraction of sp³-hybridized carbons (Fsp3) is 0.0769. The number of nitrogens with zero attached hydrogens (tertiary/aromatic N) is 1. The summed E-state index contributed by atoms with van der Waals surface area (Å²) in [5.41, 5.74) is 6.56. The zero-order valence-corrected chi connectivity index (χ0v) is 9.83. The van der Waals surface area contributed by atoms with Gasteiger partial charge in [0.15, 0.2) is 0 Å². The van der Waals surface area contributed by atoms with Crippen molar-refractivity contribution in [3.63, 3.8) is 0 Å². The molecular weight excluding hydrogens is 232 g/mol. The van der Waals surface area contributed by atoms with Crippen LogP contribution in [0.25, 0.3) is 0 Å². The first kappa shape index (κ1) is 13.5. The van der Waals surface area contributed by atoms with Crippen molar-refractivity contribution in [3.8, 4) is 5.75 Å². The summed E-state index contributed by atoms with van der Waals surface area (Å²) in [6.45, 7) is 7.44. The lowest BCUT2D eigenvalue weighted by molar-refractivity contribution is -0.384. The Bertz CT molecular complexity index is 507. The molecule has 0 fully saturated rings. The number of non-ortho nitro benzene ring substituents is 1. The number of hydrogen-bond donors (Lipinski definition) is 1. The minimum Gasteiger partial charge on any atom is -0.489 e. The van der Waals surface area contributed by atoms with Crippen molar-refractivity contribution < 1.29 is 9.66 Å². The van der Waals surface area contributed by atoms with Crippen LogP contribution in [-0.4, -0.2) is 11.5 Å². The highest BCUT2D eigenvalue weighted by Gasteiger charge is 2.09. The topological polar surface area (TPSA) is 78.4 Å². The lowest BCUT2D eigenvalue weighted by atomic mass is 10.2. The molecule has 0 saturated heterocycles. The Hall–Kier alpha value is -2.56. The summed E-state index contributed by atoms with van der Waals surface area (Å²) in [6.07, 6.45) is 4.98. The van der Waals surface area contributed by atoms with Gasteiger partial charge in [-0.15, -0.1) is 0 Å². The molecule has 0 aliphatic rings. The fourth-order valence-corrected chi connectivity index (χ4v) is 1.29. The van der Waals surface area contributed by atoms with Gasteiger partial charge in [-0.25, -0.2) is 0 Å². The Balaban J connectivity index is 2.85. The van der Waals surface area contributed by atoms with E-state index in [0.29, 0.717) is 5.75 Å². The maximum atomic E-state index is 10.7. The molecule has 0 radical (unpaired) electrons. The van der Waals surface area contributed by atoms with Crippen LogP contribution in [0.5, 0.6) is 5.75 Å². The van der Waals surface area contributed by atoms with Crippen LogP contribution in [0.4, 0.5) is 11.4 Å². The van der Waals surface area contributed by atoms with E-state index in [4.69, 9.17) is 10.5 Å². The maximum absolute atomic E-state index is 10.7. The Morgan fingerprint density at radius 3 is 2.72 bits per heavy atom. The smallest absolute Gasteiger partial charge is 0.275 e. The van der Waals surface area contributed by atoms with Crippen LogP contribution in [0.15, 0.2) is 55.2 Å². The first-order valence-corrected chi connectivity index (χ1v) is 5.18. The van der Waals surface area contributed by atoms with Crippen LogP contribution >= 0.6 is 0 Å². The molecule has 1 aromatic rings. The molecule has 94 valence electrons. The molecule has 0 aliphatic heterocycles. The minimum absolute atomic E-state index is 0.0992. The number of benzene rings is 1. The summed E-state index contributed by atoms with van der Waals surface area (Å²) >= 11 is 0. The van der Waals surface area contributed by atoms with Gasteiger partial charge in [-0.1, -0.05) is 31.4 Å². The molecule has 0 aromatic heterocycles. The van der Waals surface area contributed by atoms with Gasteiger partial charge < -0.3 is 10.5 Å². The molecule has 0 saturated carbocycles. The quantitative estimate of drug-likeness (QED) is 0.362. The third-order valence-corrected chi connectivity index (χ3v) is 2.12. The normalized spacial score (nSPS) is 10.8. The van der Waals surface area contributed by atoms with Gasteiger partial charge in [0.2, 0.25) is 0 Å².